The normalized spacial score (nSPS) is 15.4. The number of hydrogen-bond acceptors (Lipinski definition) is 20. The maximum Gasteiger partial charge on any atom is 0.266 e. The summed E-state index contributed by atoms with van der Waals surface area (Å²) in [4.78, 5) is 93.3. The summed E-state index contributed by atoms with van der Waals surface area (Å²) in [6.07, 6.45) is -3.89. The summed E-state index contributed by atoms with van der Waals surface area (Å²) in [5.74, 6) is -0.889. The lowest BCUT2D eigenvalue weighted by atomic mass is 9.82. The van der Waals surface area contributed by atoms with Crippen LogP contribution in [-0.2, 0) is 40.3 Å². The Balaban J connectivity index is 0.000000152. The fourth-order valence-corrected chi connectivity index (χ4v) is 17.0. The van der Waals surface area contributed by atoms with E-state index in [1.54, 1.807) is 119 Å². The second-order valence-corrected chi connectivity index (χ2v) is 33.4. The van der Waals surface area contributed by atoms with E-state index in [4.69, 9.17) is 4.74 Å². The van der Waals surface area contributed by atoms with Crippen molar-refractivity contribution >= 4 is 67.4 Å². The minimum absolute atomic E-state index is 0.0321. The quantitative estimate of drug-likeness (QED) is 0.0394. The summed E-state index contributed by atoms with van der Waals surface area (Å²) >= 11 is 0. The van der Waals surface area contributed by atoms with Gasteiger partial charge in [0.25, 0.3) is 47.9 Å². The SMILES string of the molecule is COc1cccc(Cc2cc3c(N[C@H](C)c4cccc(C(F)F)c4F)nc(C)nc3n(C)c2=O)c1C.C[C@@H](Nc1ncnc2c1cc(C1CCCCC1O)c(=O)n2C)c1cccc(C(F)F)c1F.Cc1nc(N[C@H](C)c2cccc(C(F)F)c2F)c2cc(-c3cccnc3)c(=O)n(C)c2n1.Cc1nc(N[C@H](C)c2cccc(C(F)F)c2F)c2cc(C3(F)CCN(C)CC3)c(=O)n(C)c2n1. The van der Waals surface area contributed by atoms with Gasteiger partial charge in [-0.25, -0.2) is 96.9 Å². The lowest BCUT2D eigenvalue weighted by Crippen LogP contribution is -2.42. The number of halogens is 13. The number of likely N-dealkylation sites (tertiary alicyclic amines) is 1. The van der Waals surface area contributed by atoms with Gasteiger partial charge in [-0.1, -0.05) is 104 Å². The molecule has 10 heterocycles. The average molecular weight is 1860 g/mol. The number of alkyl halides is 9. The number of nitrogens with one attached hydrogen (secondary N) is 4. The molecule has 5 aromatic carbocycles. The van der Waals surface area contributed by atoms with E-state index in [0.29, 0.717) is 134 Å². The highest BCUT2D eigenvalue weighted by molar-refractivity contribution is 5.92. The van der Waals surface area contributed by atoms with Gasteiger partial charge in [0.1, 0.15) is 104 Å². The van der Waals surface area contributed by atoms with Gasteiger partial charge in [0.05, 0.1) is 86.7 Å². The highest BCUT2D eigenvalue weighted by Gasteiger charge is 2.40. The molecule has 1 aliphatic heterocycles. The summed E-state index contributed by atoms with van der Waals surface area (Å²) in [7, 11) is 9.88. The Morgan fingerprint density at radius 1 is 0.455 bits per heavy atom. The molecule has 1 saturated carbocycles. The Labute approximate surface area is 760 Å². The molecule has 37 heteroatoms. The molecule has 9 aromatic heterocycles. The van der Waals surface area contributed by atoms with Crippen molar-refractivity contribution in [3.05, 3.63) is 301 Å². The summed E-state index contributed by atoms with van der Waals surface area (Å²) in [5.41, 5.74) is 0.190. The first-order valence-electron chi connectivity index (χ1n) is 43.1. The van der Waals surface area contributed by atoms with Crippen molar-refractivity contribution in [3.63, 3.8) is 0 Å². The molecule has 2 aliphatic rings. The van der Waals surface area contributed by atoms with Crippen LogP contribution in [0.15, 0.2) is 165 Å². The smallest absolute Gasteiger partial charge is 0.266 e. The highest BCUT2D eigenvalue weighted by Crippen LogP contribution is 2.42. The van der Waals surface area contributed by atoms with Crippen LogP contribution in [0.1, 0.15) is 212 Å². The molecule has 1 saturated heterocycles. The van der Waals surface area contributed by atoms with Crippen molar-refractivity contribution < 1.29 is 66.9 Å². The van der Waals surface area contributed by atoms with Gasteiger partial charge >= 0.3 is 0 Å². The molecule has 0 radical (unpaired) electrons. The minimum Gasteiger partial charge on any atom is -0.496 e. The van der Waals surface area contributed by atoms with Crippen molar-refractivity contribution in [1.82, 2.24) is 68.0 Å². The zero-order valence-electron chi connectivity index (χ0n) is 75.7. The lowest BCUT2D eigenvalue weighted by molar-refractivity contribution is 0.0659. The number of nitrogens with zero attached hydrogens (tertiary/aromatic N) is 14. The van der Waals surface area contributed by atoms with Crippen LogP contribution in [0.3, 0.4) is 0 Å². The van der Waals surface area contributed by atoms with Crippen LogP contribution in [0.2, 0.25) is 0 Å². The summed E-state index contributed by atoms with van der Waals surface area (Å²) in [6.45, 7) is 14.6. The molecule has 704 valence electrons. The van der Waals surface area contributed by atoms with Crippen molar-refractivity contribution in [2.24, 2.45) is 28.2 Å². The number of aliphatic hydroxyl groups is 1. The topological polar surface area (TPSA) is 285 Å². The van der Waals surface area contributed by atoms with E-state index in [-0.39, 0.29) is 69.1 Å². The van der Waals surface area contributed by atoms with Crippen molar-refractivity contribution in [3.8, 4) is 16.9 Å². The van der Waals surface area contributed by atoms with E-state index in [1.807, 2.05) is 37.1 Å². The van der Waals surface area contributed by atoms with Gasteiger partial charge in [-0.2, -0.15) is 0 Å². The van der Waals surface area contributed by atoms with Crippen LogP contribution >= 0.6 is 0 Å². The number of aryl methyl sites for hydroxylation is 7. The molecular weight excluding hydrogens is 1760 g/mol. The molecule has 16 rings (SSSR count). The maximum absolute atomic E-state index is 15.9. The van der Waals surface area contributed by atoms with Gasteiger partial charge in [0, 0.05) is 111 Å². The van der Waals surface area contributed by atoms with Crippen LogP contribution in [0, 0.1) is 51.0 Å². The van der Waals surface area contributed by atoms with Crippen LogP contribution in [0.25, 0.3) is 55.3 Å². The van der Waals surface area contributed by atoms with Crippen LogP contribution in [0.5, 0.6) is 5.75 Å². The second kappa shape index (κ2) is 41.3. The van der Waals surface area contributed by atoms with Crippen molar-refractivity contribution in [2.45, 2.75) is 168 Å². The number of ether oxygens (including phenoxy) is 1. The van der Waals surface area contributed by atoms with E-state index in [2.05, 4.69) is 66.1 Å². The summed E-state index contributed by atoms with van der Waals surface area (Å²) < 4.78 is 191. The maximum atomic E-state index is 15.9. The Morgan fingerprint density at radius 2 is 0.858 bits per heavy atom. The van der Waals surface area contributed by atoms with Crippen LogP contribution in [0.4, 0.5) is 80.3 Å². The largest absolute Gasteiger partial charge is 0.496 e. The highest BCUT2D eigenvalue weighted by atomic mass is 19.3. The predicted molar refractivity (Wildman–Crippen MR) is 487 cm³/mol. The number of hydrogen-bond donors (Lipinski definition) is 5. The average Bonchev–Trinajstić information content (AvgIpc) is 0.753. The molecule has 0 spiro atoms. The van der Waals surface area contributed by atoms with E-state index in [9.17, 15) is 77.0 Å². The van der Waals surface area contributed by atoms with E-state index >= 15 is 4.39 Å². The molecular formula is C97H99F13N18O6. The molecule has 24 nitrogen and oxygen atoms in total. The number of piperidine rings is 1. The number of pyridine rings is 5. The lowest BCUT2D eigenvalue weighted by Gasteiger charge is -2.34. The van der Waals surface area contributed by atoms with Crippen molar-refractivity contribution in [2.75, 3.05) is 48.5 Å². The summed E-state index contributed by atoms with van der Waals surface area (Å²) in [5, 5.41) is 24.9. The molecule has 2 fully saturated rings. The third-order valence-electron chi connectivity index (χ3n) is 24.5. The number of rotatable bonds is 22. The first kappa shape index (κ1) is 97.9. The van der Waals surface area contributed by atoms with E-state index in [1.165, 1.54) is 86.2 Å². The van der Waals surface area contributed by atoms with Gasteiger partial charge in [0.2, 0.25) is 0 Å². The number of aromatic nitrogens is 13. The van der Waals surface area contributed by atoms with Gasteiger partial charge in [-0.3, -0.25) is 42.4 Å². The molecule has 14 aromatic rings. The van der Waals surface area contributed by atoms with E-state index in [0.717, 1.165) is 54.0 Å². The Hall–Kier alpha value is -13.6. The molecule has 134 heavy (non-hydrogen) atoms. The standard InChI is InChI=1S/C27H27F3N4O2.C24H27F4N5O.C23H20F3N5O.C23H25F3N4O2/c1-14-17(8-6-11-22(14)36-5)12-18-13-21-25(32-16(3)33-26(21)34(4)27(18)35)31-15(2)19-9-7-10-20(23(19)28)24(29)30;1-13(15-6-5-7-16(19(15)25)20(26)27)29-21-17-12-18(24(28)8-10-32(3)11-9-24)23(34)33(4)22(17)31-14(2)30-21;1-12(15-7-4-8-16(19(15)24)20(25)26)28-21-18-10-17(14-6-5-9-27-11-14)23(32)31(3)22(18)30-13(2)29-21;1-12(13-7-5-8-15(19(13)24)20(25)26)29-21-17-10-16(14-6-3-4-9-18(14)31)23(32)30(2)22(17)28-11-27-21/h6-11,13,15,24H,12H2,1-5H3,(H,31,32,33);5-7,12-13,20H,8-11H2,1-4H3,(H,29,30,31);4-12,20H,1-3H3,(H,28,29,30);5,7-8,10-12,14,18,20,31H,3-4,6,9H2,1-2H3,(H,27,28,29)/t15-;13-;12-;12-,14?,18?/m1111/s1. The molecule has 2 unspecified atom stereocenters. The fourth-order valence-electron chi connectivity index (χ4n) is 17.0. The Morgan fingerprint density at radius 3 is 1.30 bits per heavy atom. The Kier molecular flexibility index (Phi) is 30.2. The number of benzene rings is 5. The second-order valence-electron chi connectivity index (χ2n) is 33.4. The molecule has 6 atom stereocenters. The van der Waals surface area contributed by atoms with Gasteiger partial charge in [-0.15, -0.1) is 0 Å². The monoisotopic (exact) mass is 1860 g/mol. The number of methoxy groups -OCH3 is 1. The van der Waals surface area contributed by atoms with Gasteiger partial charge < -0.3 is 36.0 Å². The Bertz CT molecular complexity index is 6980. The zero-order valence-corrected chi connectivity index (χ0v) is 75.7. The van der Waals surface area contributed by atoms with Gasteiger partial charge in [-0.05, 0) is 136 Å². The molecule has 0 amide bonds. The van der Waals surface area contributed by atoms with E-state index < -0.39 is 113 Å². The molecule has 1 aliphatic carbocycles. The summed E-state index contributed by atoms with van der Waals surface area (Å²) in [6, 6.07) is 28.6. The molecule has 5 N–H and O–H groups in total. The number of anilines is 4. The zero-order chi connectivity index (χ0) is 96.9. The first-order valence-corrected chi connectivity index (χ1v) is 43.1. The third-order valence-corrected chi connectivity index (χ3v) is 24.5. The van der Waals surface area contributed by atoms with Crippen molar-refractivity contribution in [1.29, 1.82) is 0 Å². The number of fused-ring (bicyclic) bond motifs is 4. The minimum atomic E-state index is -2.94. The third kappa shape index (κ3) is 20.6. The van der Waals surface area contributed by atoms with Gasteiger partial charge in [0.15, 0.2) is 0 Å². The number of aliphatic hydroxyl groups excluding tert-OH is 1. The van der Waals surface area contributed by atoms with Crippen LogP contribution in [-0.4, -0.2) is 106 Å². The predicted octanol–water partition coefficient (Wildman–Crippen LogP) is 20.1. The fraction of sp³-hybridized carbons (Fsp3) is 0.351. The van der Waals surface area contributed by atoms with Crippen LogP contribution < -0.4 is 48.2 Å². The first-order chi connectivity index (χ1) is 63.7. The molecule has 0 bridgehead atoms.